The highest BCUT2D eigenvalue weighted by Gasteiger charge is 2.48. The molecule has 0 unspecified atom stereocenters. The molecule has 9 heteroatoms. The Morgan fingerprint density at radius 2 is 1.70 bits per heavy atom. The van der Waals surface area contributed by atoms with Crippen LogP contribution >= 0.6 is 0 Å². The van der Waals surface area contributed by atoms with Crippen LogP contribution in [0.2, 0.25) is 18.1 Å². The number of halogens is 3. The number of alkyl halides is 3. The third kappa shape index (κ3) is 7.26. The van der Waals surface area contributed by atoms with Crippen molar-refractivity contribution in [1.29, 1.82) is 0 Å². The van der Waals surface area contributed by atoms with Crippen LogP contribution in [0.15, 0.2) is 12.3 Å². The number of hydrogen-bond donors (Lipinski definition) is 0. The van der Waals surface area contributed by atoms with E-state index >= 15 is 0 Å². The van der Waals surface area contributed by atoms with Crippen molar-refractivity contribution in [2.45, 2.75) is 64.2 Å². The fraction of sp³-hybridized carbons (Fsp3) is 0.857. The Morgan fingerprint density at radius 3 is 2.09 bits per heavy atom. The van der Waals surface area contributed by atoms with E-state index in [0.29, 0.717) is 13.0 Å². The standard InChI is InChI=1S/C14H27F3O4SSi/c1-11(8-9-20-23(6,7)13(3,4)5)10-12(2)21-22(18,19)14(15,16)17/h11H,2,8-10H2,1,3-7H3/t11-/m0/s1. The molecule has 0 saturated carbocycles. The highest BCUT2D eigenvalue weighted by atomic mass is 32.2. The summed E-state index contributed by atoms with van der Waals surface area (Å²) in [5.41, 5.74) is -5.44. The quantitative estimate of drug-likeness (QED) is 0.264. The molecule has 4 nitrogen and oxygen atoms in total. The van der Waals surface area contributed by atoms with E-state index in [1.165, 1.54) is 0 Å². The minimum Gasteiger partial charge on any atom is -0.417 e. The molecule has 0 aromatic heterocycles. The molecule has 0 fully saturated rings. The molecule has 0 bridgehead atoms. The fourth-order valence-electron chi connectivity index (χ4n) is 1.46. The first-order chi connectivity index (χ1) is 9.99. The third-order valence-electron chi connectivity index (χ3n) is 3.97. The van der Waals surface area contributed by atoms with Gasteiger partial charge in [-0.15, -0.1) is 0 Å². The first kappa shape index (κ1) is 22.5. The van der Waals surface area contributed by atoms with Gasteiger partial charge in [0, 0.05) is 13.0 Å². The van der Waals surface area contributed by atoms with Crippen molar-refractivity contribution in [2.75, 3.05) is 6.61 Å². The molecule has 0 spiro atoms. The van der Waals surface area contributed by atoms with E-state index < -0.39 is 29.7 Å². The van der Waals surface area contributed by atoms with Crippen molar-refractivity contribution in [1.82, 2.24) is 0 Å². The molecule has 23 heavy (non-hydrogen) atoms. The first-order valence-electron chi connectivity index (χ1n) is 7.32. The Bertz CT molecular complexity index is 507. The topological polar surface area (TPSA) is 52.6 Å². The zero-order chi connectivity index (χ0) is 18.7. The number of allylic oxidation sites excluding steroid dienone is 1. The van der Waals surface area contributed by atoms with Gasteiger partial charge < -0.3 is 8.61 Å². The second kappa shape index (κ2) is 7.56. The van der Waals surface area contributed by atoms with Crippen LogP contribution < -0.4 is 0 Å². The van der Waals surface area contributed by atoms with Gasteiger partial charge in [-0.1, -0.05) is 34.3 Å². The maximum Gasteiger partial charge on any atom is 0.534 e. The first-order valence-corrected chi connectivity index (χ1v) is 11.6. The molecule has 0 saturated heterocycles. The van der Waals surface area contributed by atoms with Gasteiger partial charge in [0.1, 0.15) is 5.76 Å². The van der Waals surface area contributed by atoms with Gasteiger partial charge in [-0.05, 0) is 30.5 Å². The molecule has 0 rings (SSSR count). The Morgan fingerprint density at radius 1 is 1.22 bits per heavy atom. The average molecular weight is 377 g/mol. The van der Waals surface area contributed by atoms with E-state index in [9.17, 15) is 21.6 Å². The SMILES string of the molecule is C=C(C[C@@H](C)CCO[Si](C)(C)C(C)(C)C)OS(=O)(=O)C(F)(F)F. The van der Waals surface area contributed by atoms with Crippen LogP contribution in [0, 0.1) is 5.92 Å². The van der Waals surface area contributed by atoms with Crippen molar-refractivity contribution in [3.05, 3.63) is 12.3 Å². The normalized spacial score (nSPS) is 15.3. The summed E-state index contributed by atoms with van der Waals surface area (Å²) in [4.78, 5) is 0. The van der Waals surface area contributed by atoms with Crippen molar-refractivity contribution >= 4 is 18.4 Å². The van der Waals surface area contributed by atoms with Crippen molar-refractivity contribution < 1.29 is 30.2 Å². The van der Waals surface area contributed by atoms with Crippen molar-refractivity contribution in [3.63, 3.8) is 0 Å². The highest BCUT2D eigenvalue weighted by molar-refractivity contribution is 7.87. The molecule has 0 radical (unpaired) electrons. The molecule has 0 heterocycles. The maximum atomic E-state index is 12.2. The van der Waals surface area contributed by atoms with Crippen LogP contribution in [0.25, 0.3) is 0 Å². The highest BCUT2D eigenvalue weighted by Crippen LogP contribution is 2.36. The summed E-state index contributed by atoms with van der Waals surface area (Å²) >= 11 is 0. The molecular formula is C14H27F3O4SSi. The van der Waals surface area contributed by atoms with Gasteiger partial charge >= 0.3 is 15.6 Å². The predicted octanol–water partition coefficient (Wildman–Crippen LogP) is 4.80. The lowest BCUT2D eigenvalue weighted by molar-refractivity contribution is -0.0524. The summed E-state index contributed by atoms with van der Waals surface area (Å²) in [5.74, 6) is -0.516. The fourth-order valence-corrected chi connectivity index (χ4v) is 2.99. The van der Waals surface area contributed by atoms with Gasteiger partial charge in [0.15, 0.2) is 8.32 Å². The lowest BCUT2D eigenvalue weighted by Gasteiger charge is -2.36. The summed E-state index contributed by atoms with van der Waals surface area (Å²) in [5, 5.41) is 0.0731. The van der Waals surface area contributed by atoms with Gasteiger partial charge in [0.05, 0.1) is 0 Å². The molecule has 1 atom stereocenters. The Kier molecular flexibility index (Phi) is 7.38. The number of hydrogen-bond acceptors (Lipinski definition) is 4. The summed E-state index contributed by atoms with van der Waals surface area (Å²) in [7, 11) is -7.50. The average Bonchev–Trinajstić information content (AvgIpc) is 2.23. The summed E-state index contributed by atoms with van der Waals surface area (Å²) in [6.45, 7) is 16.1. The van der Waals surface area contributed by atoms with Crippen LogP contribution in [0.1, 0.15) is 40.5 Å². The van der Waals surface area contributed by atoms with Gasteiger partial charge in [0.25, 0.3) is 0 Å². The Labute approximate surface area is 138 Å². The zero-order valence-corrected chi connectivity index (χ0v) is 16.4. The lowest BCUT2D eigenvalue weighted by Crippen LogP contribution is -2.41. The Balaban J connectivity index is 4.38. The third-order valence-corrected chi connectivity index (χ3v) is 9.53. The van der Waals surface area contributed by atoms with Crippen LogP contribution in [-0.2, 0) is 18.7 Å². The molecule has 0 aromatic rings. The van der Waals surface area contributed by atoms with Gasteiger partial charge in [-0.2, -0.15) is 21.6 Å². The maximum absolute atomic E-state index is 12.2. The zero-order valence-electron chi connectivity index (χ0n) is 14.6. The minimum absolute atomic E-state index is 0.0240. The largest absolute Gasteiger partial charge is 0.534 e. The van der Waals surface area contributed by atoms with Crippen molar-refractivity contribution in [2.24, 2.45) is 5.92 Å². The molecule has 0 aliphatic heterocycles. The molecular weight excluding hydrogens is 349 g/mol. The molecule has 0 aliphatic rings. The smallest absolute Gasteiger partial charge is 0.417 e. The molecule has 138 valence electrons. The van der Waals surface area contributed by atoms with Gasteiger partial charge in [-0.3, -0.25) is 0 Å². The van der Waals surface area contributed by atoms with E-state index in [4.69, 9.17) is 4.43 Å². The van der Waals surface area contributed by atoms with Crippen molar-refractivity contribution in [3.8, 4) is 0 Å². The molecule has 0 aliphatic carbocycles. The number of rotatable bonds is 8. The Hall–Kier alpha value is -0.543. The van der Waals surface area contributed by atoms with Gasteiger partial charge in [-0.25, -0.2) is 0 Å². The summed E-state index contributed by atoms with van der Waals surface area (Å²) < 4.78 is 68.3. The van der Waals surface area contributed by atoms with E-state index in [1.54, 1.807) is 6.92 Å². The van der Waals surface area contributed by atoms with E-state index in [2.05, 4.69) is 44.6 Å². The summed E-state index contributed by atoms with van der Waals surface area (Å²) in [6.07, 6.45) is 0.608. The summed E-state index contributed by atoms with van der Waals surface area (Å²) in [6, 6.07) is 0. The van der Waals surface area contributed by atoms with Crippen LogP contribution in [-0.4, -0.2) is 28.9 Å². The second-order valence-electron chi connectivity index (χ2n) is 7.23. The lowest BCUT2D eigenvalue weighted by atomic mass is 10.0. The minimum atomic E-state index is -5.63. The van der Waals surface area contributed by atoms with Crippen LogP contribution in [0.5, 0.6) is 0 Å². The monoisotopic (exact) mass is 376 g/mol. The van der Waals surface area contributed by atoms with E-state index in [0.717, 1.165) is 0 Å². The van der Waals surface area contributed by atoms with Gasteiger partial charge in [0.2, 0.25) is 0 Å². The predicted molar refractivity (Wildman–Crippen MR) is 86.7 cm³/mol. The second-order valence-corrected chi connectivity index (χ2v) is 13.6. The molecule has 0 amide bonds. The van der Waals surface area contributed by atoms with E-state index in [-0.39, 0.29) is 17.4 Å². The van der Waals surface area contributed by atoms with E-state index in [1.807, 2.05) is 0 Å². The molecule has 0 aromatic carbocycles. The van der Waals surface area contributed by atoms with Crippen LogP contribution in [0.4, 0.5) is 13.2 Å². The molecule has 0 N–H and O–H groups in total. The van der Waals surface area contributed by atoms with Crippen LogP contribution in [0.3, 0.4) is 0 Å².